The van der Waals surface area contributed by atoms with Gasteiger partial charge < -0.3 is 36.2 Å². The molecule has 2 aliphatic carbocycles. The molecule has 1 aromatic heterocycles. The highest BCUT2D eigenvalue weighted by atomic mass is 16.5. The zero-order valence-corrected chi connectivity index (χ0v) is 29.4. The van der Waals surface area contributed by atoms with E-state index in [9.17, 15) is 30.0 Å². The zero-order valence-electron chi connectivity index (χ0n) is 29.4. The number of rotatable bonds is 15. The first kappa shape index (κ1) is 37.8. The van der Waals surface area contributed by atoms with Crippen molar-refractivity contribution in [1.29, 1.82) is 0 Å². The fourth-order valence-corrected chi connectivity index (χ4v) is 8.37. The van der Waals surface area contributed by atoms with E-state index < -0.39 is 18.1 Å². The van der Waals surface area contributed by atoms with Crippen molar-refractivity contribution in [2.24, 2.45) is 23.7 Å². The lowest BCUT2D eigenvalue weighted by Gasteiger charge is -2.42. The minimum atomic E-state index is -0.925. The molecule has 1 aromatic carbocycles. The summed E-state index contributed by atoms with van der Waals surface area (Å²) in [6.45, 7) is 0.946. The fraction of sp³-hybridized carbons (Fsp3) is 0.625. The molecule has 50 heavy (non-hydrogen) atoms. The molecule has 5 rings (SSSR count). The van der Waals surface area contributed by atoms with E-state index in [0.717, 1.165) is 42.5 Å². The number of phenols is 1. The number of ether oxygens (including phenoxy) is 1. The Morgan fingerprint density at radius 3 is 2.68 bits per heavy atom. The largest absolute Gasteiger partial charge is 0.504 e. The molecular formula is C40H55N3O7. The van der Waals surface area contributed by atoms with Crippen LogP contribution in [-0.2, 0) is 22.4 Å². The summed E-state index contributed by atoms with van der Waals surface area (Å²) < 4.78 is 5.37. The number of nitrogens with two attached hydrogens (primary N) is 1. The molecule has 0 bridgehead atoms. The number of methoxy groups -OCH3 is 1. The first-order valence-electron chi connectivity index (χ1n) is 18.5. The molecule has 8 atom stereocenters. The average Bonchev–Trinajstić information content (AvgIpc) is 3.16. The highest BCUT2D eigenvalue weighted by Crippen LogP contribution is 2.38. The van der Waals surface area contributed by atoms with Gasteiger partial charge >= 0.3 is 0 Å². The summed E-state index contributed by atoms with van der Waals surface area (Å²) in [7, 11) is 1.49. The van der Waals surface area contributed by atoms with E-state index in [1.165, 1.54) is 7.11 Å². The second-order valence-corrected chi connectivity index (χ2v) is 14.7. The highest BCUT2D eigenvalue weighted by molar-refractivity contribution is 5.85. The number of fused-ring (bicyclic) bond motifs is 2. The maximum absolute atomic E-state index is 13.6. The molecule has 10 heteroatoms. The molecule has 1 saturated heterocycles. The Labute approximate surface area is 296 Å². The number of pyridine rings is 1. The third-order valence-electron chi connectivity index (χ3n) is 11.3. The number of nitrogens with one attached hydrogen (secondary N) is 1. The molecule has 272 valence electrons. The summed E-state index contributed by atoms with van der Waals surface area (Å²) in [6.07, 6.45) is 8.87. The number of nitrogen functional groups attached to an aromatic ring is 1. The fourth-order valence-electron chi connectivity index (χ4n) is 8.37. The summed E-state index contributed by atoms with van der Waals surface area (Å²) in [5.41, 5.74) is 8.49. The van der Waals surface area contributed by atoms with Gasteiger partial charge in [-0.15, -0.1) is 0 Å². The van der Waals surface area contributed by atoms with E-state index in [1.807, 2.05) is 6.07 Å². The number of Topliss-reactive ketones (excluding diaryl/α,β-unsaturated/α-hetero) is 2. The number of aryl methyl sites for hydroxylation is 2. The van der Waals surface area contributed by atoms with Gasteiger partial charge in [0.2, 0.25) is 0 Å². The number of carbonyl (C=O) groups is 2. The quantitative estimate of drug-likeness (QED) is 0.148. The lowest BCUT2D eigenvalue weighted by atomic mass is 9.71. The van der Waals surface area contributed by atoms with Crippen LogP contribution in [0.15, 0.2) is 30.5 Å². The number of nitrogens with zero attached hydrogens (tertiary/aromatic N) is 1. The second kappa shape index (κ2) is 18.1. The Hall–Kier alpha value is -3.49. The minimum absolute atomic E-state index is 0.00544. The minimum Gasteiger partial charge on any atom is -0.504 e. The lowest BCUT2D eigenvalue weighted by Crippen LogP contribution is -2.50. The Morgan fingerprint density at radius 2 is 1.90 bits per heavy atom. The molecular weight excluding hydrogens is 634 g/mol. The van der Waals surface area contributed by atoms with Crippen LogP contribution in [0.1, 0.15) is 99.7 Å². The summed E-state index contributed by atoms with van der Waals surface area (Å²) in [6, 6.07) is 7.39. The molecule has 7 N–H and O–H groups in total. The maximum atomic E-state index is 13.6. The van der Waals surface area contributed by atoms with Crippen molar-refractivity contribution in [3.63, 3.8) is 0 Å². The molecule has 1 saturated carbocycles. The number of aliphatic hydroxyl groups excluding tert-OH is 3. The Bertz CT molecular complexity index is 1520. The van der Waals surface area contributed by atoms with Gasteiger partial charge in [-0.05, 0) is 129 Å². The highest BCUT2D eigenvalue weighted by Gasteiger charge is 2.37. The number of anilines is 1. The van der Waals surface area contributed by atoms with Crippen LogP contribution in [0.4, 0.5) is 5.82 Å². The Kier molecular flexibility index (Phi) is 13.7. The first-order chi connectivity index (χ1) is 24.1. The number of hydrogen-bond donors (Lipinski definition) is 6. The van der Waals surface area contributed by atoms with Crippen molar-refractivity contribution in [2.75, 3.05) is 26.0 Å². The molecule has 0 radical (unpaired) electrons. The van der Waals surface area contributed by atoms with Gasteiger partial charge in [-0.1, -0.05) is 18.3 Å². The third-order valence-corrected chi connectivity index (χ3v) is 11.3. The van der Waals surface area contributed by atoms with E-state index in [-0.39, 0.29) is 36.5 Å². The van der Waals surface area contributed by atoms with Gasteiger partial charge in [0.05, 0.1) is 19.3 Å². The van der Waals surface area contributed by atoms with E-state index in [1.54, 1.807) is 24.4 Å². The summed E-state index contributed by atoms with van der Waals surface area (Å²) >= 11 is 0. The number of phenolic OH excluding ortho intramolecular Hbond substituents is 1. The number of benzene rings is 1. The van der Waals surface area contributed by atoms with Crippen LogP contribution in [0.3, 0.4) is 0 Å². The number of ketones is 2. The molecule has 0 amide bonds. The summed E-state index contributed by atoms with van der Waals surface area (Å²) in [4.78, 5) is 29.5. The van der Waals surface area contributed by atoms with Crippen molar-refractivity contribution in [3.05, 3.63) is 47.2 Å². The normalized spacial score (nSPS) is 25.5. The number of aromatic hydroxyl groups is 1. The molecule has 0 unspecified atom stereocenters. The number of aromatic nitrogens is 1. The molecule has 2 aromatic rings. The van der Waals surface area contributed by atoms with Crippen LogP contribution in [0.2, 0.25) is 0 Å². The zero-order chi connectivity index (χ0) is 35.6. The van der Waals surface area contributed by atoms with Gasteiger partial charge in [0.15, 0.2) is 17.3 Å². The standard InChI is InChI=1S/C40H55N3O7/c1-50-39-21-28-9-14-37(48)33(36(47)4-2-3-26(16-18-44)30-20-29-7-12-32(46)22-35(29)43-24-30)13-8-27(34(28)23-38(39)49)6-11-31(45)10-5-25-15-17-42-40(41)19-25/h15,17,19,21,23,26-27,29-31,33,35-36,43-45,47,49H,2-7,9-12,14,16,18,20,22,24H2,1H3,(H2,41,42)/t26-,27-,29-,30+,31-,33-,35-,36-/m1/s1. The Morgan fingerprint density at radius 1 is 1.06 bits per heavy atom. The van der Waals surface area contributed by atoms with Crippen LogP contribution >= 0.6 is 0 Å². The topological polar surface area (TPSA) is 175 Å². The van der Waals surface area contributed by atoms with Crippen molar-refractivity contribution in [3.8, 4) is 23.3 Å². The van der Waals surface area contributed by atoms with Gasteiger partial charge in [-0.25, -0.2) is 4.98 Å². The van der Waals surface area contributed by atoms with Crippen molar-refractivity contribution >= 4 is 17.4 Å². The van der Waals surface area contributed by atoms with Gasteiger partial charge in [0.25, 0.3) is 0 Å². The smallest absolute Gasteiger partial charge is 0.160 e. The average molecular weight is 690 g/mol. The van der Waals surface area contributed by atoms with Crippen LogP contribution in [0.25, 0.3) is 0 Å². The molecule has 10 nitrogen and oxygen atoms in total. The van der Waals surface area contributed by atoms with E-state index >= 15 is 0 Å². The van der Waals surface area contributed by atoms with E-state index in [0.29, 0.717) is 99.3 Å². The predicted octanol–water partition coefficient (Wildman–Crippen LogP) is 4.25. The van der Waals surface area contributed by atoms with E-state index in [4.69, 9.17) is 10.5 Å². The van der Waals surface area contributed by atoms with Crippen molar-refractivity contribution < 1.29 is 34.8 Å². The molecule has 3 aliphatic rings. The van der Waals surface area contributed by atoms with Crippen molar-refractivity contribution in [1.82, 2.24) is 10.3 Å². The molecule has 2 heterocycles. The third kappa shape index (κ3) is 10.1. The number of carbonyl (C=O) groups excluding carboxylic acids is 2. The van der Waals surface area contributed by atoms with Crippen LogP contribution in [-0.4, -0.2) is 75.5 Å². The summed E-state index contributed by atoms with van der Waals surface area (Å²) in [5.74, 6) is 7.45. The Balaban J connectivity index is 1.24. The molecule has 1 aliphatic heterocycles. The number of aliphatic hydroxyl groups is 3. The van der Waals surface area contributed by atoms with Gasteiger partial charge in [-0.3, -0.25) is 9.59 Å². The SMILES string of the molecule is COc1cc2c(cc1O)[C@H](CC[C@H](O)CCc1ccnc(N)c1)C#C[C@H]([C@H](O)CCC[C@H](CCO)[C@@H]1CN[C@@H]3CC(=O)CC[C@@H]3C1)C(=O)CC2. The summed E-state index contributed by atoms with van der Waals surface area (Å²) in [5, 5.41) is 46.5. The van der Waals surface area contributed by atoms with Crippen LogP contribution in [0.5, 0.6) is 11.5 Å². The van der Waals surface area contributed by atoms with Gasteiger partial charge in [0, 0.05) is 44.0 Å². The second-order valence-electron chi connectivity index (χ2n) is 14.7. The molecule has 0 spiro atoms. The van der Waals surface area contributed by atoms with Gasteiger partial charge in [-0.2, -0.15) is 0 Å². The van der Waals surface area contributed by atoms with Crippen molar-refractivity contribution in [2.45, 2.75) is 114 Å². The van der Waals surface area contributed by atoms with E-state index in [2.05, 4.69) is 22.1 Å². The van der Waals surface area contributed by atoms with Gasteiger partial charge in [0.1, 0.15) is 17.5 Å². The number of piperidine rings is 1. The first-order valence-corrected chi connectivity index (χ1v) is 18.5. The predicted molar refractivity (Wildman–Crippen MR) is 192 cm³/mol. The van der Waals surface area contributed by atoms with Crippen LogP contribution < -0.4 is 15.8 Å². The monoisotopic (exact) mass is 689 g/mol. The molecule has 2 fully saturated rings. The lowest BCUT2D eigenvalue weighted by molar-refractivity contribution is -0.124. The maximum Gasteiger partial charge on any atom is 0.160 e. The number of hydrogen-bond acceptors (Lipinski definition) is 10. The van der Waals surface area contributed by atoms with Crippen LogP contribution in [0, 0.1) is 35.5 Å².